The van der Waals surface area contributed by atoms with Gasteiger partial charge in [0.2, 0.25) is 5.91 Å². The number of carbonyl (C=O) groups excluding carboxylic acids is 1. The van der Waals surface area contributed by atoms with Crippen molar-refractivity contribution < 1.29 is 14.1 Å². The number of halogens is 3. The Morgan fingerprint density at radius 2 is 2.04 bits per heavy atom. The number of rotatable bonds is 5. The monoisotopic (exact) mass is 473 g/mol. The van der Waals surface area contributed by atoms with Crippen molar-refractivity contribution in [3.63, 3.8) is 0 Å². The van der Waals surface area contributed by atoms with E-state index in [1.165, 1.54) is 16.8 Å². The summed E-state index contributed by atoms with van der Waals surface area (Å²) in [6, 6.07) is 4.34. The summed E-state index contributed by atoms with van der Waals surface area (Å²) in [6.45, 7) is 4.56. The molecule has 0 atom stereocenters. The third-order valence-electron chi connectivity index (χ3n) is 4.71. The Hall–Kier alpha value is -2.04. The van der Waals surface area contributed by atoms with Crippen LogP contribution in [0, 0.1) is 22.9 Å². The molecule has 1 aromatic heterocycles. The number of piperazine rings is 1. The summed E-state index contributed by atoms with van der Waals surface area (Å²) in [4.78, 5) is 26.8. The quantitative estimate of drug-likeness (QED) is 0.491. The summed E-state index contributed by atoms with van der Waals surface area (Å²) in [7, 11) is 0. The van der Waals surface area contributed by atoms with E-state index in [1.54, 1.807) is 17.9 Å². The van der Waals surface area contributed by atoms with Crippen LogP contribution in [0.3, 0.4) is 0 Å². The summed E-state index contributed by atoms with van der Waals surface area (Å²) in [5, 5.41) is 15.3. The van der Waals surface area contributed by atoms with Gasteiger partial charge in [0.25, 0.3) is 0 Å². The molecule has 1 saturated heterocycles. The van der Waals surface area contributed by atoms with Crippen LogP contribution in [-0.2, 0) is 17.9 Å². The van der Waals surface area contributed by atoms with Crippen molar-refractivity contribution in [1.29, 1.82) is 0 Å². The molecule has 0 N–H and O–H groups in total. The minimum absolute atomic E-state index is 0.0535. The zero-order valence-electron chi connectivity index (χ0n) is 15.1. The molecular formula is C17H18BrClFN5O3. The number of nitro groups is 1. The molecule has 0 spiro atoms. The second-order valence-electron chi connectivity index (χ2n) is 6.53. The number of amides is 1. The highest BCUT2D eigenvalue weighted by Gasteiger charge is 2.27. The third kappa shape index (κ3) is 4.50. The summed E-state index contributed by atoms with van der Waals surface area (Å²) in [5.41, 5.74) is 1.37. The lowest BCUT2D eigenvalue weighted by Gasteiger charge is -2.34. The molecule has 1 aliphatic heterocycles. The predicted octanol–water partition coefficient (Wildman–Crippen LogP) is 3.00. The van der Waals surface area contributed by atoms with E-state index in [-0.39, 0.29) is 28.6 Å². The van der Waals surface area contributed by atoms with Crippen LogP contribution in [0.2, 0.25) is 5.02 Å². The molecule has 8 nitrogen and oxygen atoms in total. The van der Waals surface area contributed by atoms with Crippen molar-refractivity contribution in [3.8, 4) is 0 Å². The number of hydrogen-bond acceptors (Lipinski definition) is 5. The van der Waals surface area contributed by atoms with Crippen LogP contribution < -0.4 is 0 Å². The second kappa shape index (κ2) is 8.54. The van der Waals surface area contributed by atoms with Crippen molar-refractivity contribution in [2.45, 2.75) is 20.0 Å². The Morgan fingerprint density at radius 1 is 1.36 bits per heavy atom. The van der Waals surface area contributed by atoms with E-state index < -0.39 is 4.92 Å². The van der Waals surface area contributed by atoms with Crippen molar-refractivity contribution >= 4 is 39.3 Å². The van der Waals surface area contributed by atoms with Gasteiger partial charge in [-0.1, -0.05) is 17.7 Å². The van der Waals surface area contributed by atoms with Gasteiger partial charge < -0.3 is 15.0 Å². The Kier molecular flexibility index (Phi) is 6.31. The van der Waals surface area contributed by atoms with Gasteiger partial charge in [0.1, 0.15) is 16.8 Å². The molecule has 0 radical (unpaired) electrons. The molecule has 2 aromatic rings. The molecule has 1 amide bonds. The third-order valence-corrected chi connectivity index (χ3v) is 5.99. The lowest BCUT2D eigenvalue weighted by molar-refractivity contribution is -0.390. The predicted molar refractivity (Wildman–Crippen MR) is 105 cm³/mol. The fourth-order valence-electron chi connectivity index (χ4n) is 3.05. The van der Waals surface area contributed by atoms with Gasteiger partial charge in [0, 0.05) is 37.7 Å². The Balaban J connectivity index is 1.57. The van der Waals surface area contributed by atoms with Crippen LogP contribution in [0.4, 0.5) is 10.2 Å². The van der Waals surface area contributed by atoms with Gasteiger partial charge in [0.05, 0.1) is 10.8 Å². The molecule has 1 fully saturated rings. The minimum atomic E-state index is -0.586. The average Bonchev–Trinajstić information content (AvgIpc) is 2.93. The first-order valence-electron chi connectivity index (χ1n) is 8.57. The normalized spacial score (nSPS) is 15.1. The van der Waals surface area contributed by atoms with E-state index in [4.69, 9.17) is 11.6 Å². The first kappa shape index (κ1) is 20.7. The molecule has 1 aromatic carbocycles. The summed E-state index contributed by atoms with van der Waals surface area (Å²) < 4.78 is 14.8. The molecule has 0 unspecified atom stereocenters. The number of benzene rings is 1. The smallest absolute Gasteiger partial charge is 0.358 e. The molecular weight excluding hydrogens is 457 g/mol. The van der Waals surface area contributed by atoms with Crippen LogP contribution in [0.15, 0.2) is 22.7 Å². The maximum absolute atomic E-state index is 13.2. The van der Waals surface area contributed by atoms with Crippen molar-refractivity contribution in [1.82, 2.24) is 19.6 Å². The minimum Gasteiger partial charge on any atom is -0.358 e. The zero-order valence-corrected chi connectivity index (χ0v) is 17.4. The molecule has 2 heterocycles. The van der Waals surface area contributed by atoms with E-state index in [0.29, 0.717) is 43.4 Å². The van der Waals surface area contributed by atoms with E-state index in [1.807, 2.05) is 0 Å². The maximum Gasteiger partial charge on any atom is 0.404 e. The fourth-order valence-corrected chi connectivity index (χ4v) is 3.71. The zero-order chi connectivity index (χ0) is 20.4. The first-order chi connectivity index (χ1) is 13.3. The first-order valence-corrected chi connectivity index (χ1v) is 9.74. The lowest BCUT2D eigenvalue weighted by atomic mass is 10.2. The Labute approximate surface area is 174 Å². The van der Waals surface area contributed by atoms with Crippen molar-refractivity contribution in [3.05, 3.63) is 54.9 Å². The number of carbonyl (C=O) groups is 1. The van der Waals surface area contributed by atoms with Gasteiger partial charge in [-0.2, -0.15) is 4.68 Å². The van der Waals surface area contributed by atoms with E-state index in [9.17, 15) is 19.3 Å². The van der Waals surface area contributed by atoms with Crippen molar-refractivity contribution in [2.75, 3.05) is 26.2 Å². The SMILES string of the molecule is Cc1c(Br)c([N+](=O)[O-])nn1CC(=O)N1CCN(Cc2ccc(F)cc2Cl)CC1. The molecule has 11 heteroatoms. The van der Waals surface area contributed by atoms with Crippen molar-refractivity contribution in [2.24, 2.45) is 0 Å². The summed E-state index contributed by atoms with van der Waals surface area (Å²) >= 11 is 9.22. The van der Waals surface area contributed by atoms with Crippen LogP contribution in [0.1, 0.15) is 11.3 Å². The highest BCUT2D eigenvalue weighted by atomic mass is 79.9. The molecule has 28 heavy (non-hydrogen) atoms. The van der Waals surface area contributed by atoms with Crippen LogP contribution in [0.5, 0.6) is 0 Å². The number of aromatic nitrogens is 2. The topological polar surface area (TPSA) is 84.5 Å². The average molecular weight is 475 g/mol. The highest BCUT2D eigenvalue weighted by Crippen LogP contribution is 2.27. The number of hydrogen-bond donors (Lipinski definition) is 0. The highest BCUT2D eigenvalue weighted by molar-refractivity contribution is 9.10. The van der Waals surface area contributed by atoms with Gasteiger partial charge in [-0.05, 0) is 45.5 Å². The fraction of sp³-hybridized carbons (Fsp3) is 0.412. The second-order valence-corrected chi connectivity index (χ2v) is 7.73. The molecule has 150 valence electrons. The van der Waals surface area contributed by atoms with Gasteiger partial charge >= 0.3 is 5.82 Å². The van der Waals surface area contributed by atoms with E-state index in [2.05, 4.69) is 25.9 Å². The Bertz CT molecular complexity index is 914. The van der Waals surface area contributed by atoms with Gasteiger partial charge in [-0.15, -0.1) is 0 Å². The molecule has 0 aliphatic carbocycles. The largest absolute Gasteiger partial charge is 0.404 e. The van der Waals surface area contributed by atoms with Crippen LogP contribution in [-0.4, -0.2) is 56.6 Å². The van der Waals surface area contributed by atoms with Gasteiger partial charge in [-0.25, -0.2) is 4.39 Å². The molecule has 0 bridgehead atoms. The summed E-state index contributed by atoms with van der Waals surface area (Å²) in [5.74, 6) is -0.816. The Morgan fingerprint density at radius 3 is 2.61 bits per heavy atom. The number of nitrogens with zero attached hydrogens (tertiary/aromatic N) is 5. The van der Waals surface area contributed by atoms with E-state index in [0.717, 1.165) is 5.56 Å². The summed E-state index contributed by atoms with van der Waals surface area (Å²) in [6.07, 6.45) is 0. The van der Waals surface area contributed by atoms with E-state index >= 15 is 0 Å². The maximum atomic E-state index is 13.2. The van der Waals surface area contributed by atoms with Gasteiger partial charge in [-0.3, -0.25) is 9.69 Å². The van der Waals surface area contributed by atoms with Crippen LogP contribution >= 0.6 is 27.5 Å². The molecule has 0 saturated carbocycles. The molecule has 3 rings (SSSR count). The molecule has 1 aliphatic rings. The lowest BCUT2D eigenvalue weighted by Crippen LogP contribution is -2.49. The van der Waals surface area contributed by atoms with Gasteiger partial charge in [0.15, 0.2) is 0 Å². The standard InChI is InChI=1S/C17H18BrClFN5O3/c1-11-16(18)17(25(27)28)21-24(11)10-15(26)23-6-4-22(5-7-23)9-12-2-3-13(20)8-14(12)19/h2-3,8H,4-7,9-10H2,1H3. The van der Waals surface area contributed by atoms with Crippen LogP contribution in [0.25, 0.3) is 0 Å².